The molecule has 1 aromatic carbocycles. The van der Waals surface area contributed by atoms with E-state index in [0.717, 1.165) is 5.56 Å². The standard InChI is InChI=1S/C10H11NO3/c1-7-2-3-8(9(13)6-7)10(14)11-4-5-12/h2-3,5-6,13H,4H2,1H3,(H,11,14). The van der Waals surface area contributed by atoms with E-state index in [-0.39, 0.29) is 17.9 Å². The number of hydrogen-bond donors (Lipinski definition) is 2. The molecule has 0 aliphatic carbocycles. The average Bonchev–Trinajstić information content (AvgIpc) is 2.14. The van der Waals surface area contributed by atoms with Crippen LogP contribution in [0.5, 0.6) is 5.75 Å². The van der Waals surface area contributed by atoms with E-state index < -0.39 is 5.91 Å². The number of amides is 1. The van der Waals surface area contributed by atoms with Crippen LogP contribution in [0.3, 0.4) is 0 Å². The molecule has 1 rings (SSSR count). The zero-order valence-electron chi connectivity index (χ0n) is 7.78. The molecule has 0 saturated carbocycles. The quantitative estimate of drug-likeness (QED) is 0.692. The number of carbonyl (C=O) groups excluding carboxylic acids is 2. The molecule has 0 aliphatic heterocycles. The van der Waals surface area contributed by atoms with Gasteiger partial charge in [-0.15, -0.1) is 0 Å². The molecule has 0 aliphatic rings. The lowest BCUT2D eigenvalue weighted by Gasteiger charge is -2.04. The fraction of sp³-hybridized carbons (Fsp3) is 0.200. The van der Waals surface area contributed by atoms with E-state index in [1.165, 1.54) is 12.1 Å². The maximum Gasteiger partial charge on any atom is 0.255 e. The highest BCUT2D eigenvalue weighted by molar-refractivity contribution is 5.97. The van der Waals surface area contributed by atoms with Gasteiger partial charge in [0.1, 0.15) is 12.0 Å². The summed E-state index contributed by atoms with van der Waals surface area (Å²) in [4.78, 5) is 21.3. The average molecular weight is 193 g/mol. The highest BCUT2D eigenvalue weighted by Crippen LogP contribution is 2.17. The second kappa shape index (κ2) is 4.41. The van der Waals surface area contributed by atoms with Crippen LogP contribution in [0.1, 0.15) is 15.9 Å². The van der Waals surface area contributed by atoms with Crippen LogP contribution in [0.15, 0.2) is 18.2 Å². The summed E-state index contributed by atoms with van der Waals surface area (Å²) in [6, 6.07) is 4.73. The monoisotopic (exact) mass is 193 g/mol. The first-order valence-corrected chi connectivity index (χ1v) is 4.16. The number of rotatable bonds is 3. The number of aromatic hydroxyl groups is 1. The van der Waals surface area contributed by atoms with Gasteiger partial charge in [-0.05, 0) is 24.6 Å². The molecule has 74 valence electrons. The van der Waals surface area contributed by atoms with Gasteiger partial charge in [-0.25, -0.2) is 0 Å². The van der Waals surface area contributed by atoms with Crippen LogP contribution in [0.25, 0.3) is 0 Å². The van der Waals surface area contributed by atoms with Gasteiger partial charge in [0.15, 0.2) is 0 Å². The molecule has 1 amide bonds. The van der Waals surface area contributed by atoms with Gasteiger partial charge in [-0.2, -0.15) is 0 Å². The Kier molecular flexibility index (Phi) is 3.23. The van der Waals surface area contributed by atoms with Gasteiger partial charge in [0, 0.05) is 0 Å². The Hall–Kier alpha value is -1.84. The van der Waals surface area contributed by atoms with Crippen molar-refractivity contribution in [2.75, 3.05) is 6.54 Å². The number of phenolic OH excluding ortho intramolecular Hbond substituents is 1. The maximum atomic E-state index is 11.3. The molecule has 1 aromatic rings. The SMILES string of the molecule is Cc1ccc(C(=O)NCC=O)c(O)c1. The summed E-state index contributed by atoms with van der Waals surface area (Å²) in [5.74, 6) is -0.525. The molecule has 4 nitrogen and oxygen atoms in total. The molecular formula is C10H11NO3. The highest BCUT2D eigenvalue weighted by Gasteiger charge is 2.09. The Bertz CT molecular complexity index is 360. The number of carbonyl (C=O) groups is 2. The minimum absolute atomic E-state index is 0.0495. The number of aryl methyl sites for hydroxylation is 1. The van der Waals surface area contributed by atoms with E-state index in [1.807, 2.05) is 6.92 Å². The lowest BCUT2D eigenvalue weighted by molar-refractivity contribution is -0.107. The molecule has 0 heterocycles. The Balaban J connectivity index is 2.84. The molecule has 0 unspecified atom stereocenters. The molecule has 0 bridgehead atoms. The van der Waals surface area contributed by atoms with Crippen molar-refractivity contribution in [3.05, 3.63) is 29.3 Å². The molecule has 14 heavy (non-hydrogen) atoms. The maximum absolute atomic E-state index is 11.3. The van der Waals surface area contributed by atoms with Crippen molar-refractivity contribution in [3.63, 3.8) is 0 Å². The summed E-state index contributed by atoms with van der Waals surface area (Å²) in [5.41, 5.74) is 1.05. The summed E-state index contributed by atoms with van der Waals surface area (Å²) < 4.78 is 0. The molecular weight excluding hydrogens is 182 g/mol. The van der Waals surface area contributed by atoms with Crippen LogP contribution in [0, 0.1) is 6.92 Å². The van der Waals surface area contributed by atoms with Crippen LogP contribution in [-0.2, 0) is 4.79 Å². The van der Waals surface area contributed by atoms with Crippen molar-refractivity contribution in [3.8, 4) is 5.75 Å². The molecule has 0 aromatic heterocycles. The molecule has 0 radical (unpaired) electrons. The number of aldehydes is 1. The number of nitrogens with one attached hydrogen (secondary N) is 1. The Morgan fingerprint density at radius 2 is 2.29 bits per heavy atom. The third-order valence-electron chi connectivity index (χ3n) is 1.74. The smallest absolute Gasteiger partial charge is 0.255 e. The summed E-state index contributed by atoms with van der Waals surface area (Å²) >= 11 is 0. The van der Waals surface area contributed by atoms with Gasteiger partial charge in [0.25, 0.3) is 5.91 Å². The summed E-state index contributed by atoms with van der Waals surface area (Å²) in [7, 11) is 0. The Morgan fingerprint density at radius 3 is 2.86 bits per heavy atom. The van der Waals surface area contributed by atoms with Crippen LogP contribution in [-0.4, -0.2) is 23.8 Å². The van der Waals surface area contributed by atoms with Gasteiger partial charge in [-0.1, -0.05) is 6.07 Å². The first kappa shape index (κ1) is 10.2. The Morgan fingerprint density at radius 1 is 1.57 bits per heavy atom. The first-order valence-electron chi connectivity index (χ1n) is 4.16. The van der Waals surface area contributed by atoms with Crippen molar-refractivity contribution in [2.24, 2.45) is 0 Å². The predicted octanol–water partition coefficient (Wildman–Crippen LogP) is 0.629. The molecule has 4 heteroatoms. The lowest BCUT2D eigenvalue weighted by atomic mass is 10.1. The second-order valence-electron chi connectivity index (χ2n) is 2.90. The van der Waals surface area contributed by atoms with Crippen LogP contribution in [0.4, 0.5) is 0 Å². The fourth-order valence-corrected chi connectivity index (χ4v) is 1.06. The largest absolute Gasteiger partial charge is 0.507 e. The highest BCUT2D eigenvalue weighted by atomic mass is 16.3. The van der Waals surface area contributed by atoms with Crippen LogP contribution >= 0.6 is 0 Å². The van der Waals surface area contributed by atoms with Crippen molar-refractivity contribution in [1.29, 1.82) is 0 Å². The van der Waals surface area contributed by atoms with E-state index in [2.05, 4.69) is 5.32 Å². The van der Waals surface area contributed by atoms with Crippen molar-refractivity contribution in [2.45, 2.75) is 6.92 Å². The van der Waals surface area contributed by atoms with E-state index >= 15 is 0 Å². The predicted molar refractivity (Wildman–Crippen MR) is 51.2 cm³/mol. The minimum Gasteiger partial charge on any atom is -0.507 e. The minimum atomic E-state index is -0.449. The van der Waals surface area contributed by atoms with Gasteiger partial charge in [-0.3, -0.25) is 4.79 Å². The van der Waals surface area contributed by atoms with E-state index in [1.54, 1.807) is 6.07 Å². The third kappa shape index (κ3) is 2.32. The Labute approximate surface area is 81.6 Å². The molecule has 0 atom stereocenters. The van der Waals surface area contributed by atoms with Crippen LogP contribution < -0.4 is 5.32 Å². The van der Waals surface area contributed by atoms with Crippen molar-refractivity contribution >= 4 is 12.2 Å². The normalized spacial score (nSPS) is 9.50. The van der Waals surface area contributed by atoms with Crippen LogP contribution in [0.2, 0.25) is 0 Å². The van der Waals surface area contributed by atoms with E-state index in [0.29, 0.717) is 6.29 Å². The van der Waals surface area contributed by atoms with E-state index in [4.69, 9.17) is 0 Å². The number of hydrogen-bond acceptors (Lipinski definition) is 3. The van der Waals surface area contributed by atoms with Gasteiger partial charge in [0.05, 0.1) is 12.1 Å². The zero-order valence-corrected chi connectivity index (χ0v) is 7.78. The summed E-state index contributed by atoms with van der Waals surface area (Å²) in [6.45, 7) is 1.76. The van der Waals surface area contributed by atoms with E-state index in [9.17, 15) is 14.7 Å². The van der Waals surface area contributed by atoms with Gasteiger partial charge < -0.3 is 15.2 Å². The molecule has 0 saturated heterocycles. The molecule has 2 N–H and O–H groups in total. The summed E-state index contributed by atoms with van der Waals surface area (Å²) in [6.07, 6.45) is 0.586. The van der Waals surface area contributed by atoms with Gasteiger partial charge in [0.2, 0.25) is 0 Å². The zero-order chi connectivity index (χ0) is 10.6. The van der Waals surface area contributed by atoms with Gasteiger partial charge >= 0.3 is 0 Å². The van der Waals surface area contributed by atoms with Crippen molar-refractivity contribution < 1.29 is 14.7 Å². The summed E-state index contributed by atoms with van der Waals surface area (Å²) in [5, 5.41) is 11.8. The number of benzene rings is 1. The van der Waals surface area contributed by atoms with Crippen molar-refractivity contribution in [1.82, 2.24) is 5.32 Å². The fourth-order valence-electron chi connectivity index (χ4n) is 1.06. The molecule has 0 fully saturated rings. The third-order valence-corrected chi connectivity index (χ3v) is 1.74. The molecule has 0 spiro atoms. The first-order chi connectivity index (χ1) is 6.65. The topological polar surface area (TPSA) is 66.4 Å². The number of phenols is 1. The second-order valence-corrected chi connectivity index (χ2v) is 2.90. The lowest BCUT2D eigenvalue weighted by Crippen LogP contribution is -2.25.